The minimum Gasteiger partial charge on any atom is -0.466 e. The van der Waals surface area contributed by atoms with Gasteiger partial charge in [-0.2, -0.15) is 0 Å². The first-order valence-electron chi connectivity index (χ1n) is 43.8. The Balaban J connectivity index is 0.000000177. The summed E-state index contributed by atoms with van der Waals surface area (Å²) in [4.78, 5) is 83.1. The fourth-order valence-corrected chi connectivity index (χ4v) is 22.8. The molecular weight excluding hydrogens is 1480 g/mol. The molecule has 20 nitrogen and oxygen atoms in total. The third kappa shape index (κ3) is 29.2. The molecule has 0 saturated heterocycles. The monoisotopic (exact) mass is 1630 g/mol. The Hall–Kier alpha value is -7.84. The highest BCUT2D eigenvalue weighted by Crippen LogP contribution is 2.61. The predicted molar refractivity (Wildman–Crippen MR) is 457 cm³/mol. The van der Waals surface area contributed by atoms with Crippen molar-refractivity contribution in [3.63, 3.8) is 0 Å². The molecule has 0 aromatic rings. The Morgan fingerprint density at radius 3 is 0.726 bits per heavy atom. The number of carbonyl (C=O) groups excluding carboxylic acids is 8. The van der Waals surface area contributed by atoms with Gasteiger partial charge in [-0.3, -0.25) is 0 Å². The van der Waals surface area contributed by atoms with Gasteiger partial charge < -0.3 is 58.0 Å². The first kappa shape index (κ1) is 96.3. The van der Waals surface area contributed by atoms with E-state index in [4.69, 9.17) is 0 Å². The average molecular weight is 1630 g/mol. The number of allylic oxidation sites excluding steroid dienone is 12. The van der Waals surface area contributed by atoms with E-state index in [1.165, 1.54) is 105 Å². The van der Waals surface area contributed by atoms with Crippen LogP contribution in [-0.4, -0.2) is 143 Å². The summed E-state index contributed by atoms with van der Waals surface area (Å²) in [6.07, 6.45) is 68.0. The van der Waals surface area contributed by atoms with E-state index < -0.39 is 36.1 Å². The summed E-state index contributed by atoms with van der Waals surface area (Å²) in [5, 5.41) is 4.70. The zero-order valence-electron chi connectivity index (χ0n) is 72.2. The first-order valence-corrected chi connectivity index (χ1v) is 43.8. The molecule has 12 fully saturated rings. The van der Waals surface area contributed by atoms with Crippen molar-refractivity contribution >= 4 is 48.0 Å². The number of hydrogen-bond donors (Lipinski definition) is 2. The van der Waals surface area contributed by atoms with Gasteiger partial charge in [0.25, 0.3) is 0 Å². The number of methoxy groups -OCH3 is 6. The van der Waals surface area contributed by atoms with E-state index in [1.807, 2.05) is 0 Å². The van der Waals surface area contributed by atoms with Crippen LogP contribution in [0.3, 0.4) is 0 Å². The third-order valence-electron chi connectivity index (χ3n) is 28.1. The quantitative estimate of drug-likeness (QED) is 0.0425. The topological polar surface area (TPSA) is 253 Å². The van der Waals surface area contributed by atoms with Gasteiger partial charge in [-0.15, -0.1) is 0 Å². The van der Waals surface area contributed by atoms with E-state index in [0.717, 1.165) is 160 Å². The molecule has 0 aromatic carbocycles. The molecule has 0 spiro atoms. The van der Waals surface area contributed by atoms with Crippen LogP contribution in [0.1, 0.15) is 175 Å². The number of fused-ring (bicyclic) bond motifs is 30. The van der Waals surface area contributed by atoms with Crippen LogP contribution in [0.25, 0.3) is 0 Å². The number of carbonyl (C=O) groups is 8. The Morgan fingerprint density at radius 1 is 0.299 bits per heavy atom. The van der Waals surface area contributed by atoms with E-state index in [2.05, 4.69) is 170 Å². The van der Waals surface area contributed by atoms with Gasteiger partial charge in [-0.05, 0) is 317 Å². The average Bonchev–Trinajstić information content (AvgIpc) is 1.67. The van der Waals surface area contributed by atoms with Gasteiger partial charge in [-0.1, -0.05) is 112 Å². The van der Waals surface area contributed by atoms with Gasteiger partial charge in [0.1, 0.15) is 26.4 Å². The van der Waals surface area contributed by atoms with E-state index in [1.54, 1.807) is 112 Å². The Bertz CT molecular complexity index is 3130. The lowest BCUT2D eigenvalue weighted by Crippen LogP contribution is -2.27. The number of ether oxygens (including phenoxy) is 10. The molecule has 24 unspecified atom stereocenters. The van der Waals surface area contributed by atoms with Gasteiger partial charge in [-0.25, -0.2) is 38.4 Å². The van der Waals surface area contributed by atoms with Crippen molar-refractivity contribution in [3.05, 3.63) is 147 Å². The summed E-state index contributed by atoms with van der Waals surface area (Å²) in [6, 6.07) is 0. The van der Waals surface area contributed by atoms with Crippen molar-refractivity contribution in [3.8, 4) is 0 Å². The molecule has 0 aliphatic heterocycles. The SMILES string of the molecule is C1=CC2C3CCC(C3)C2C1.C1=CC2C3CCC(C3)C2C1.C1=CC2C3CCC(C3)C2C1.C1=CC2C3CCC(C3)C2C1.C1=CC2C3CCC(C3)C2C1.C1=CC2C3CCC(C3)C2C1.C=C(C)C(=O)OC.C=C(C)C(=O)OCCNC(=O)OC.C=C(C)C(=O)OCCOC.C=CC(=O)OC.C=CC(=O)OCCNC(=O)OC.C=CC(=O)OCCOC. The maximum Gasteiger partial charge on any atom is 0.406 e. The van der Waals surface area contributed by atoms with Crippen molar-refractivity contribution in [1.29, 1.82) is 0 Å². The summed E-state index contributed by atoms with van der Waals surface area (Å²) < 4.78 is 44.8. The molecule has 18 aliphatic carbocycles. The highest BCUT2D eigenvalue weighted by Gasteiger charge is 2.52. The van der Waals surface area contributed by atoms with Gasteiger partial charge in [0.05, 0.1) is 54.7 Å². The second kappa shape index (κ2) is 50.9. The number of amides is 2. The molecule has 12 bridgehead atoms. The molecule has 650 valence electrons. The lowest BCUT2D eigenvalue weighted by Gasteiger charge is -2.23. The van der Waals surface area contributed by atoms with Crippen LogP contribution in [0.5, 0.6) is 0 Å². The van der Waals surface area contributed by atoms with E-state index in [-0.39, 0.29) is 38.2 Å². The number of hydrogen-bond acceptors (Lipinski definition) is 18. The normalized spacial score (nSPS) is 32.8. The summed E-state index contributed by atoms with van der Waals surface area (Å²) in [6.45, 7) is 26.6. The Kier molecular flexibility index (Phi) is 41.9. The van der Waals surface area contributed by atoms with Crippen molar-refractivity contribution in [2.45, 2.75) is 175 Å². The summed E-state index contributed by atoms with van der Waals surface area (Å²) in [7, 11) is 8.25. The largest absolute Gasteiger partial charge is 0.466 e. The zero-order valence-corrected chi connectivity index (χ0v) is 72.2. The molecular formula is C97H144N2O18. The van der Waals surface area contributed by atoms with Crippen LogP contribution >= 0.6 is 0 Å². The van der Waals surface area contributed by atoms with Crippen LogP contribution in [0.2, 0.25) is 0 Å². The summed E-state index contributed by atoms with van der Waals surface area (Å²) in [5.41, 5.74) is 1.18. The molecule has 24 atom stereocenters. The van der Waals surface area contributed by atoms with Crippen molar-refractivity contribution in [2.24, 2.45) is 142 Å². The number of nitrogens with one attached hydrogen (secondary N) is 2. The molecule has 2 N–H and O–H groups in total. The van der Waals surface area contributed by atoms with Crippen LogP contribution in [-0.2, 0) is 76.1 Å². The number of esters is 6. The molecule has 117 heavy (non-hydrogen) atoms. The van der Waals surface area contributed by atoms with Crippen LogP contribution in [0, 0.1) is 142 Å². The fourth-order valence-electron chi connectivity index (χ4n) is 22.8. The predicted octanol–water partition coefficient (Wildman–Crippen LogP) is 18.4. The second-order valence-electron chi connectivity index (χ2n) is 34.8. The Labute approximate surface area is 700 Å². The van der Waals surface area contributed by atoms with Crippen LogP contribution in [0.4, 0.5) is 9.59 Å². The van der Waals surface area contributed by atoms with E-state index >= 15 is 0 Å². The minimum atomic E-state index is -0.551. The van der Waals surface area contributed by atoms with E-state index in [0.29, 0.717) is 43.1 Å². The lowest BCUT2D eigenvalue weighted by atomic mass is 9.82. The van der Waals surface area contributed by atoms with Gasteiger partial charge in [0.15, 0.2) is 0 Å². The third-order valence-corrected chi connectivity index (χ3v) is 28.1. The number of alkyl carbamates (subject to hydrolysis) is 2. The minimum absolute atomic E-state index is 0.111. The maximum atomic E-state index is 10.8. The van der Waals surface area contributed by atoms with Gasteiger partial charge in [0, 0.05) is 49.2 Å². The molecule has 0 aromatic heterocycles. The van der Waals surface area contributed by atoms with Crippen molar-refractivity contribution in [1.82, 2.24) is 10.6 Å². The fraction of sp³-hybridized carbons (Fsp3) is 0.670. The highest BCUT2D eigenvalue weighted by atomic mass is 16.6. The van der Waals surface area contributed by atoms with Crippen molar-refractivity contribution < 1.29 is 85.7 Å². The van der Waals surface area contributed by atoms with Crippen LogP contribution < -0.4 is 10.6 Å². The zero-order chi connectivity index (χ0) is 84.9. The van der Waals surface area contributed by atoms with Crippen LogP contribution in [0.15, 0.2) is 147 Å². The van der Waals surface area contributed by atoms with Gasteiger partial charge >= 0.3 is 48.0 Å². The van der Waals surface area contributed by atoms with Crippen molar-refractivity contribution in [2.75, 3.05) is 95.4 Å². The van der Waals surface area contributed by atoms with E-state index in [9.17, 15) is 38.4 Å². The smallest absolute Gasteiger partial charge is 0.406 e. The summed E-state index contributed by atoms with van der Waals surface area (Å²) in [5.74, 6) is 23.7. The Morgan fingerprint density at radius 2 is 0.530 bits per heavy atom. The maximum absolute atomic E-state index is 10.8. The highest BCUT2D eigenvalue weighted by molar-refractivity contribution is 5.88. The molecule has 20 heteroatoms. The second-order valence-corrected chi connectivity index (χ2v) is 34.8. The molecule has 12 saturated carbocycles. The molecule has 2 amide bonds. The first-order chi connectivity index (χ1) is 56.5. The molecule has 0 heterocycles. The lowest BCUT2D eigenvalue weighted by molar-refractivity contribution is -0.140. The summed E-state index contributed by atoms with van der Waals surface area (Å²) >= 11 is 0. The number of rotatable bonds is 18. The molecule has 18 aliphatic rings. The molecule has 0 radical (unpaired) electrons. The molecule has 18 rings (SSSR count). The standard InChI is InChI=1S/6C10H14.C8H13NO4.C7H11NO4.C7H12O3.C6H10O3.C5H8O2.C4H6O2/c6*1-2-9-7-4-5-8(6-7)10(9)3-1;1-6(2)7(10)13-5-4-9-8(11)12-3;1-3-6(9)12-5-4-8-7(10)11-2;1-6(2)7(8)10-5-4-9-3;1-3-6(7)9-5-4-8-2;1-4(2)5(6)7-3;1-3-4(5)6-2/h6*1-2,7-10H,3-6H2;1,4-5H2,2-3H3,(H,9,11);3H,1,4-5H2,2H3,(H,8,10);1,4-5H2,2-3H3;3H,1,4-5H2,2H3;1H2,2-3H3;3H,1H2,2H3. The van der Waals surface area contributed by atoms with Gasteiger partial charge in [0.2, 0.25) is 0 Å².